The standard InChI is InChI=1S/C17H26N4O2/c1-12(2)19-7-9-20(10-8-19)17(23)13(3)21-16(22)11-14-5-4-6-15(14)18-21/h11-13H,4-10H2,1-3H3. The zero-order valence-corrected chi connectivity index (χ0v) is 14.3. The second-order valence-electron chi connectivity index (χ2n) is 6.88. The summed E-state index contributed by atoms with van der Waals surface area (Å²) >= 11 is 0. The van der Waals surface area contributed by atoms with Gasteiger partial charge in [0.15, 0.2) is 0 Å². The first-order chi connectivity index (χ1) is 11.0. The maximum absolute atomic E-state index is 12.7. The summed E-state index contributed by atoms with van der Waals surface area (Å²) in [6.07, 6.45) is 2.88. The molecule has 1 fully saturated rings. The van der Waals surface area contributed by atoms with E-state index in [1.165, 1.54) is 4.68 Å². The van der Waals surface area contributed by atoms with Crippen molar-refractivity contribution in [1.29, 1.82) is 0 Å². The van der Waals surface area contributed by atoms with Crippen LogP contribution in [0, 0.1) is 0 Å². The quantitative estimate of drug-likeness (QED) is 0.829. The lowest BCUT2D eigenvalue weighted by Gasteiger charge is -2.37. The van der Waals surface area contributed by atoms with Gasteiger partial charge < -0.3 is 4.90 Å². The fraction of sp³-hybridized carbons (Fsp3) is 0.706. The van der Waals surface area contributed by atoms with E-state index in [0.717, 1.165) is 56.7 Å². The molecular formula is C17H26N4O2. The molecule has 2 aliphatic rings. The highest BCUT2D eigenvalue weighted by atomic mass is 16.2. The van der Waals surface area contributed by atoms with Crippen molar-refractivity contribution in [2.24, 2.45) is 0 Å². The fourth-order valence-electron chi connectivity index (χ4n) is 3.52. The number of rotatable bonds is 3. The Kier molecular flexibility index (Phi) is 4.53. The van der Waals surface area contributed by atoms with Crippen LogP contribution in [-0.2, 0) is 17.6 Å². The predicted molar refractivity (Wildman–Crippen MR) is 88.5 cm³/mol. The number of hydrogen-bond donors (Lipinski definition) is 0. The molecule has 126 valence electrons. The monoisotopic (exact) mass is 318 g/mol. The lowest BCUT2D eigenvalue weighted by Crippen LogP contribution is -2.52. The molecule has 0 saturated carbocycles. The van der Waals surface area contributed by atoms with Crippen molar-refractivity contribution in [1.82, 2.24) is 19.6 Å². The van der Waals surface area contributed by atoms with Crippen LogP contribution in [0.3, 0.4) is 0 Å². The van der Waals surface area contributed by atoms with Crippen molar-refractivity contribution in [2.45, 2.75) is 52.1 Å². The van der Waals surface area contributed by atoms with Crippen molar-refractivity contribution in [3.8, 4) is 0 Å². The Morgan fingerprint density at radius 3 is 2.48 bits per heavy atom. The molecule has 0 N–H and O–H groups in total. The number of hydrogen-bond acceptors (Lipinski definition) is 4. The number of piperazine rings is 1. The molecule has 3 rings (SSSR count). The number of aryl methyl sites for hydroxylation is 2. The molecule has 0 aromatic carbocycles. The number of aromatic nitrogens is 2. The smallest absolute Gasteiger partial charge is 0.267 e. The molecule has 0 bridgehead atoms. The second-order valence-corrected chi connectivity index (χ2v) is 6.88. The van der Waals surface area contributed by atoms with Crippen LogP contribution in [0.4, 0.5) is 0 Å². The highest BCUT2D eigenvalue weighted by Crippen LogP contribution is 2.19. The van der Waals surface area contributed by atoms with Crippen LogP contribution >= 0.6 is 0 Å². The molecule has 0 spiro atoms. The molecule has 6 heteroatoms. The summed E-state index contributed by atoms with van der Waals surface area (Å²) in [7, 11) is 0. The molecule has 6 nitrogen and oxygen atoms in total. The highest BCUT2D eigenvalue weighted by Gasteiger charge is 2.28. The first-order valence-corrected chi connectivity index (χ1v) is 8.62. The minimum absolute atomic E-state index is 0.000882. The molecule has 0 radical (unpaired) electrons. The molecular weight excluding hydrogens is 292 g/mol. The Morgan fingerprint density at radius 1 is 1.13 bits per heavy atom. The van der Waals surface area contributed by atoms with Crippen molar-refractivity contribution in [2.75, 3.05) is 26.2 Å². The van der Waals surface area contributed by atoms with Gasteiger partial charge in [-0.1, -0.05) is 0 Å². The van der Waals surface area contributed by atoms with Crippen LogP contribution in [0.15, 0.2) is 10.9 Å². The van der Waals surface area contributed by atoms with Crippen molar-refractivity contribution >= 4 is 5.91 Å². The third-order valence-electron chi connectivity index (χ3n) is 5.06. The molecule has 1 amide bonds. The van der Waals surface area contributed by atoms with Gasteiger partial charge in [-0.2, -0.15) is 5.10 Å². The van der Waals surface area contributed by atoms with Gasteiger partial charge in [0.25, 0.3) is 5.56 Å². The molecule has 2 heterocycles. The summed E-state index contributed by atoms with van der Waals surface area (Å²) in [5.74, 6) is 0.000882. The van der Waals surface area contributed by atoms with Crippen molar-refractivity contribution < 1.29 is 4.79 Å². The van der Waals surface area contributed by atoms with Gasteiger partial charge in [0, 0.05) is 38.3 Å². The molecule has 1 aliphatic carbocycles. The Morgan fingerprint density at radius 2 is 1.83 bits per heavy atom. The van der Waals surface area contributed by atoms with Gasteiger partial charge in [-0.05, 0) is 45.6 Å². The van der Waals surface area contributed by atoms with Crippen LogP contribution in [0.5, 0.6) is 0 Å². The lowest BCUT2D eigenvalue weighted by atomic mass is 10.2. The van der Waals surface area contributed by atoms with E-state index in [1.807, 2.05) is 4.90 Å². The van der Waals surface area contributed by atoms with Gasteiger partial charge >= 0.3 is 0 Å². The summed E-state index contributed by atoms with van der Waals surface area (Å²) in [5.41, 5.74) is 1.87. The van der Waals surface area contributed by atoms with Crippen LogP contribution < -0.4 is 5.56 Å². The van der Waals surface area contributed by atoms with E-state index in [2.05, 4.69) is 23.8 Å². The molecule has 23 heavy (non-hydrogen) atoms. The van der Waals surface area contributed by atoms with Crippen LogP contribution in [0.1, 0.15) is 44.5 Å². The average Bonchev–Trinajstić information content (AvgIpc) is 3.00. The van der Waals surface area contributed by atoms with Gasteiger partial charge in [0.1, 0.15) is 6.04 Å². The number of amides is 1. The summed E-state index contributed by atoms with van der Waals surface area (Å²) in [6, 6.07) is 1.64. The molecule has 1 atom stereocenters. The highest BCUT2D eigenvalue weighted by molar-refractivity contribution is 5.80. The Hall–Kier alpha value is -1.69. The summed E-state index contributed by atoms with van der Waals surface area (Å²) in [4.78, 5) is 29.2. The first kappa shape index (κ1) is 16.2. The zero-order valence-electron chi connectivity index (χ0n) is 14.3. The number of nitrogens with zero attached hydrogens (tertiary/aromatic N) is 4. The Labute approximate surface area is 137 Å². The van der Waals surface area contributed by atoms with Crippen LogP contribution in [0.25, 0.3) is 0 Å². The van der Waals surface area contributed by atoms with Crippen LogP contribution in [0.2, 0.25) is 0 Å². The molecule has 1 saturated heterocycles. The van der Waals surface area contributed by atoms with Crippen molar-refractivity contribution in [3.05, 3.63) is 27.7 Å². The third kappa shape index (κ3) is 3.17. The van der Waals surface area contributed by atoms with Crippen LogP contribution in [-0.4, -0.2) is 57.7 Å². The number of carbonyl (C=O) groups is 1. The van der Waals surface area contributed by atoms with E-state index in [-0.39, 0.29) is 11.5 Å². The lowest BCUT2D eigenvalue weighted by molar-refractivity contribution is -0.136. The third-order valence-corrected chi connectivity index (χ3v) is 5.06. The van der Waals surface area contributed by atoms with Gasteiger partial charge in [0.05, 0.1) is 5.69 Å². The minimum atomic E-state index is -0.529. The maximum Gasteiger partial charge on any atom is 0.267 e. The van der Waals surface area contributed by atoms with Crippen molar-refractivity contribution in [3.63, 3.8) is 0 Å². The maximum atomic E-state index is 12.7. The minimum Gasteiger partial charge on any atom is -0.338 e. The van der Waals surface area contributed by atoms with E-state index >= 15 is 0 Å². The van der Waals surface area contributed by atoms with Gasteiger partial charge in [-0.25, -0.2) is 4.68 Å². The van der Waals surface area contributed by atoms with E-state index in [9.17, 15) is 9.59 Å². The van der Waals surface area contributed by atoms with Gasteiger partial charge in [-0.3, -0.25) is 14.5 Å². The first-order valence-electron chi connectivity index (χ1n) is 8.62. The largest absolute Gasteiger partial charge is 0.338 e. The molecule has 1 aliphatic heterocycles. The Balaban J connectivity index is 1.72. The fourth-order valence-corrected chi connectivity index (χ4v) is 3.52. The summed E-state index contributed by atoms with van der Waals surface area (Å²) < 4.78 is 1.38. The number of fused-ring (bicyclic) bond motifs is 1. The SMILES string of the molecule is CC(C)N1CCN(C(=O)C(C)n2nc3c(cc2=O)CCC3)CC1. The van der Waals surface area contributed by atoms with E-state index < -0.39 is 6.04 Å². The predicted octanol–water partition coefficient (Wildman–Crippen LogP) is 0.846. The average molecular weight is 318 g/mol. The summed E-state index contributed by atoms with van der Waals surface area (Å²) in [5, 5.41) is 4.46. The molecule has 1 aromatic heterocycles. The summed E-state index contributed by atoms with van der Waals surface area (Å²) in [6.45, 7) is 9.36. The number of carbonyl (C=O) groups excluding carboxylic acids is 1. The van der Waals surface area contributed by atoms with E-state index in [1.54, 1.807) is 13.0 Å². The normalized spacial score (nSPS) is 19.9. The van der Waals surface area contributed by atoms with E-state index in [0.29, 0.717) is 6.04 Å². The molecule has 1 unspecified atom stereocenters. The van der Waals surface area contributed by atoms with Gasteiger partial charge in [0.2, 0.25) is 5.91 Å². The molecule has 1 aromatic rings. The second kappa shape index (κ2) is 6.43. The zero-order chi connectivity index (χ0) is 16.6. The van der Waals surface area contributed by atoms with E-state index in [4.69, 9.17) is 0 Å². The topological polar surface area (TPSA) is 58.4 Å². The Bertz CT molecular complexity index is 644. The van der Waals surface area contributed by atoms with Gasteiger partial charge in [-0.15, -0.1) is 0 Å².